The molecule has 2 N–H and O–H groups in total. The molecule has 4 aromatic heterocycles. The van der Waals surface area contributed by atoms with Crippen LogP contribution in [0, 0.1) is 0 Å². The van der Waals surface area contributed by atoms with Gasteiger partial charge in [-0.25, -0.2) is 9.97 Å². The molecule has 0 atom stereocenters. The quantitative estimate of drug-likeness (QED) is 0.568. The van der Waals surface area contributed by atoms with Gasteiger partial charge in [0.25, 0.3) is 0 Å². The summed E-state index contributed by atoms with van der Waals surface area (Å²) in [5, 5.41) is 11.2. The number of aromatic amines is 1. The summed E-state index contributed by atoms with van der Waals surface area (Å²) in [6, 6.07) is 2.09. The topological polar surface area (TPSA) is 87.0 Å². The van der Waals surface area contributed by atoms with Crippen LogP contribution in [0.3, 0.4) is 0 Å². The van der Waals surface area contributed by atoms with Crippen LogP contribution in [0.15, 0.2) is 43.1 Å². The third kappa shape index (κ3) is 3.00. The van der Waals surface area contributed by atoms with Crippen molar-refractivity contribution in [3.05, 3.63) is 48.8 Å². The summed E-state index contributed by atoms with van der Waals surface area (Å²) in [4.78, 5) is 11.3. The van der Waals surface area contributed by atoms with Crippen LogP contribution in [-0.4, -0.2) is 54.0 Å². The van der Waals surface area contributed by atoms with Crippen molar-refractivity contribution in [3.63, 3.8) is 0 Å². The number of rotatable bonds is 4. The van der Waals surface area contributed by atoms with Crippen LogP contribution in [0.25, 0.3) is 22.5 Å². The van der Waals surface area contributed by atoms with Gasteiger partial charge in [-0.15, -0.1) is 0 Å². The summed E-state index contributed by atoms with van der Waals surface area (Å²) in [7, 11) is 2.13. The van der Waals surface area contributed by atoms with E-state index in [1.165, 1.54) is 17.1 Å². The van der Waals surface area contributed by atoms with Crippen molar-refractivity contribution in [1.29, 1.82) is 0 Å². The molecule has 5 heterocycles. The van der Waals surface area contributed by atoms with E-state index in [1.54, 1.807) is 12.4 Å². The molecule has 0 spiro atoms. The van der Waals surface area contributed by atoms with Crippen molar-refractivity contribution in [2.24, 2.45) is 0 Å². The number of likely N-dealkylation sites (N-methyl/N-ethyl adjacent to an activating group) is 1. The zero-order valence-electron chi connectivity index (χ0n) is 14.8. The van der Waals surface area contributed by atoms with E-state index in [0.29, 0.717) is 5.82 Å². The number of hydrogen-bond donors (Lipinski definition) is 2. The standard InChI is InChI=1S/C18H18N8S/c1-25-5-2-12(3-6-25)14-8-16(27-24-14)23-17-18-20-11-15(13-9-21-22-10-13)26(18)7-4-19-17/h2,4,7-11H,3,5-6H2,1H3,(H,19,23)(H,21,22). The Labute approximate surface area is 159 Å². The third-order valence-electron chi connectivity index (χ3n) is 4.71. The monoisotopic (exact) mass is 378 g/mol. The van der Waals surface area contributed by atoms with Gasteiger partial charge in [0.2, 0.25) is 0 Å². The molecule has 136 valence electrons. The second-order valence-corrected chi connectivity index (χ2v) is 7.35. The second-order valence-electron chi connectivity index (χ2n) is 6.54. The predicted molar refractivity (Wildman–Crippen MR) is 106 cm³/mol. The Balaban J connectivity index is 1.44. The number of fused-ring (bicyclic) bond motifs is 1. The smallest absolute Gasteiger partial charge is 0.180 e. The highest BCUT2D eigenvalue weighted by Gasteiger charge is 2.15. The largest absolute Gasteiger partial charge is 0.328 e. The highest BCUT2D eigenvalue weighted by atomic mass is 32.1. The van der Waals surface area contributed by atoms with Crippen LogP contribution >= 0.6 is 11.5 Å². The Morgan fingerprint density at radius 1 is 1.26 bits per heavy atom. The zero-order valence-corrected chi connectivity index (χ0v) is 15.6. The van der Waals surface area contributed by atoms with E-state index in [2.05, 4.69) is 53.9 Å². The lowest BCUT2D eigenvalue weighted by atomic mass is 10.1. The van der Waals surface area contributed by atoms with Crippen LogP contribution in [0.1, 0.15) is 12.1 Å². The molecule has 1 aliphatic rings. The average molecular weight is 378 g/mol. The van der Waals surface area contributed by atoms with Gasteiger partial charge in [-0.05, 0) is 30.6 Å². The number of hydrogen-bond acceptors (Lipinski definition) is 7. The highest BCUT2D eigenvalue weighted by molar-refractivity contribution is 7.10. The minimum absolute atomic E-state index is 0.708. The van der Waals surface area contributed by atoms with Crippen LogP contribution in [0.5, 0.6) is 0 Å². The third-order valence-corrected chi connectivity index (χ3v) is 5.42. The van der Waals surface area contributed by atoms with Gasteiger partial charge in [0, 0.05) is 43.3 Å². The maximum Gasteiger partial charge on any atom is 0.180 e. The molecule has 0 fully saturated rings. The van der Waals surface area contributed by atoms with Gasteiger partial charge in [0.05, 0.1) is 23.8 Å². The first-order valence-electron chi connectivity index (χ1n) is 8.71. The maximum absolute atomic E-state index is 4.61. The summed E-state index contributed by atoms with van der Waals surface area (Å²) < 4.78 is 6.61. The molecule has 4 aromatic rings. The molecule has 0 bridgehead atoms. The summed E-state index contributed by atoms with van der Waals surface area (Å²) in [6.07, 6.45) is 12.4. The minimum Gasteiger partial charge on any atom is -0.328 e. The molecule has 0 saturated carbocycles. The molecule has 5 rings (SSSR count). The average Bonchev–Trinajstić information content (AvgIpc) is 3.43. The van der Waals surface area contributed by atoms with E-state index in [9.17, 15) is 0 Å². The Kier molecular flexibility index (Phi) is 3.95. The van der Waals surface area contributed by atoms with Crippen molar-refractivity contribution in [3.8, 4) is 11.3 Å². The number of H-pyrrole nitrogens is 1. The van der Waals surface area contributed by atoms with Crippen molar-refractivity contribution < 1.29 is 0 Å². The Hall–Kier alpha value is -3.04. The van der Waals surface area contributed by atoms with Gasteiger partial charge in [-0.3, -0.25) is 9.50 Å². The summed E-state index contributed by atoms with van der Waals surface area (Å²) in [5.41, 5.74) is 5.07. The fourth-order valence-corrected chi connectivity index (χ4v) is 3.89. The number of nitrogens with one attached hydrogen (secondary N) is 2. The maximum atomic E-state index is 4.61. The lowest BCUT2D eigenvalue weighted by Crippen LogP contribution is -2.23. The Bertz CT molecular complexity index is 1110. The number of anilines is 2. The molecule has 1 aliphatic heterocycles. The fraction of sp³-hybridized carbons (Fsp3) is 0.222. The van der Waals surface area contributed by atoms with Crippen molar-refractivity contribution in [1.82, 2.24) is 33.8 Å². The molecule has 0 saturated heterocycles. The van der Waals surface area contributed by atoms with Crippen LogP contribution in [0.4, 0.5) is 10.8 Å². The molecule has 27 heavy (non-hydrogen) atoms. The second kappa shape index (κ2) is 6.60. The lowest BCUT2D eigenvalue weighted by molar-refractivity contribution is 0.370. The Morgan fingerprint density at radius 3 is 3.04 bits per heavy atom. The van der Waals surface area contributed by atoms with Gasteiger partial charge in [-0.1, -0.05) is 6.08 Å². The van der Waals surface area contributed by atoms with Gasteiger partial charge >= 0.3 is 0 Å². The molecule has 0 aliphatic carbocycles. The van der Waals surface area contributed by atoms with E-state index in [1.807, 2.05) is 23.0 Å². The molecule has 9 heteroatoms. The number of imidazole rings is 1. The van der Waals surface area contributed by atoms with Gasteiger partial charge < -0.3 is 10.2 Å². The fourth-order valence-electron chi connectivity index (χ4n) is 3.22. The molecule has 8 nitrogen and oxygen atoms in total. The van der Waals surface area contributed by atoms with E-state index in [0.717, 1.165) is 47.1 Å². The zero-order chi connectivity index (χ0) is 18.2. The normalized spacial score (nSPS) is 15.2. The first-order chi connectivity index (χ1) is 13.3. The van der Waals surface area contributed by atoms with Gasteiger partial charge in [0.1, 0.15) is 5.00 Å². The summed E-state index contributed by atoms with van der Waals surface area (Å²) >= 11 is 1.44. The van der Waals surface area contributed by atoms with Gasteiger partial charge in [0.15, 0.2) is 11.5 Å². The SMILES string of the molecule is CN1CC=C(c2cc(Nc3nccn4c(-c5cn[nH]c5)cnc34)sn2)CC1. The number of aromatic nitrogens is 6. The van der Waals surface area contributed by atoms with E-state index in [-0.39, 0.29) is 0 Å². The Morgan fingerprint density at radius 2 is 2.22 bits per heavy atom. The van der Waals surface area contributed by atoms with E-state index in [4.69, 9.17) is 0 Å². The van der Waals surface area contributed by atoms with Crippen molar-refractivity contribution >= 4 is 33.6 Å². The van der Waals surface area contributed by atoms with Crippen molar-refractivity contribution in [2.45, 2.75) is 6.42 Å². The lowest BCUT2D eigenvalue weighted by Gasteiger charge is -2.20. The van der Waals surface area contributed by atoms with E-state index >= 15 is 0 Å². The number of nitrogens with zero attached hydrogens (tertiary/aromatic N) is 6. The predicted octanol–water partition coefficient (Wildman–Crippen LogP) is 3.04. The first kappa shape index (κ1) is 16.2. The molecule has 0 radical (unpaired) electrons. The van der Waals surface area contributed by atoms with Crippen LogP contribution in [0.2, 0.25) is 0 Å². The van der Waals surface area contributed by atoms with E-state index < -0.39 is 0 Å². The molecule has 0 unspecified atom stereocenters. The molecule has 0 amide bonds. The summed E-state index contributed by atoms with van der Waals surface area (Å²) in [6.45, 7) is 2.04. The molecular formula is C18H18N8S. The first-order valence-corrected chi connectivity index (χ1v) is 9.48. The van der Waals surface area contributed by atoms with Crippen LogP contribution in [-0.2, 0) is 0 Å². The molecular weight excluding hydrogens is 360 g/mol. The van der Waals surface area contributed by atoms with Crippen LogP contribution < -0.4 is 5.32 Å². The minimum atomic E-state index is 0.708. The highest BCUT2D eigenvalue weighted by Crippen LogP contribution is 2.29. The van der Waals surface area contributed by atoms with Gasteiger partial charge in [-0.2, -0.15) is 9.47 Å². The molecule has 0 aromatic carbocycles. The van der Waals surface area contributed by atoms with Crippen molar-refractivity contribution in [2.75, 3.05) is 25.5 Å². The summed E-state index contributed by atoms with van der Waals surface area (Å²) in [5.74, 6) is 0.708.